The van der Waals surface area contributed by atoms with Crippen LogP contribution < -0.4 is 38.9 Å². The number of guanidine groups is 1. The summed E-state index contributed by atoms with van der Waals surface area (Å²) in [7, 11) is 0. The molecule has 0 saturated heterocycles. The quantitative estimate of drug-likeness (QED) is 0.0685. The van der Waals surface area contributed by atoms with Crippen LogP contribution in [0.5, 0.6) is 0 Å². The number of rotatable bonds is 15. The predicted octanol–water partition coefficient (Wildman–Crippen LogP) is -3.54. The van der Waals surface area contributed by atoms with Crippen molar-refractivity contribution in [2.24, 2.45) is 33.8 Å². The zero-order chi connectivity index (χ0) is 24.8. The Morgan fingerprint density at radius 3 is 2.03 bits per heavy atom. The zero-order valence-corrected chi connectivity index (χ0v) is 18.3. The van der Waals surface area contributed by atoms with E-state index in [1.54, 1.807) is 0 Å². The zero-order valence-electron chi connectivity index (χ0n) is 18.3. The molecule has 0 aliphatic heterocycles. The number of nitrogens with zero attached hydrogens (tertiary/aromatic N) is 1. The van der Waals surface area contributed by atoms with E-state index >= 15 is 0 Å². The van der Waals surface area contributed by atoms with Gasteiger partial charge in [0.1, 0.15) is 18.6 Å². The van der Waals surface area contributed by atoms with E-state index in [0.29, 0.717) is 13.0 Å². The fourth-order valence-electron chi connectivity index (χ4n) is 2.60. The molecule has 0 aliphatic carbocycles. The third-order valence-electron chi connectivity index (χ3n) is 4.10. The van der Waals surface area contributed by atoms with E-state index in [4.69, 9.17) is 28.0 Å². The Morgan fingerprint density at radius 1 is 0.938 bits per heavy atom. The number of hydrogen-bond acceptors (Lipinski definition) is 7. The molecule has 0 spiro atoms. The molecule has 3 atom stereocenters. The number of carbonyl (C=O) groups excluding carboxylic acids is 4. The summed E-state index contributed by atoms with van der Waals surface area (Å²) in [4.78, 5) is 63.0. The largest absolute Gasteiger partial charge is 0.480 e. The lowest BCUT2D eigenvalue weighted by atomic mass is 10.0. The van der Waals surface area contributed by atoms with Crippen molar-refractivity contribution in [3.05, 3.63) is 0 Å². The van der Waals surface area contributed by atoms with E-state index in [-0.39, 0.29) is 24.7 Å². The molecular weight excluding hydrogens is 424 g/mol. The summed E-state index contributed by atoms with van der Waals surface area (Å²) in [5.41, 5.74) is 21.4. The highest BCUT2D eigenvalue weighted by Crippen LogP contribution is 2.07. The summed E-state index contributed by atoms with van der Waals surface area (Å²) in [5, 5.41) is 15.6. The lowest BCUT2D eigenvalue weighted by molar-refractivity contribution is -0.138. The molecule has 0 radical (unpaired) electrons. The van der Waals surface area contributed by atoms with E-state index in [2.05, 4.69) is 20.9 Å². The summed E-state index contributed by atoms with van der Waals surface area (Å²) in [6, 6.07) is -3.37. The highest BCUT2D eigenvalue weighted by molar-refractivity contribution is 5.95. The Labute approximate surface area is 185 Å². The first-order valence-corrected chi connectivity index (χ1v) is 10.0. The van der Waals surface area contributed by atoms with Gasteiger partial charge in [-0.15, -0.1) is 0 Å². The van der Waals surface area contributed by atoms with Gasteiger partial charge in [-0.25, -0.2) is 0 Å². The van der Waals surface area contributed by atoms with Crippen molar-refractivity contribution < 1.29 is 29.1 Å². The average molecular weight is 459 g/mol. The van der Waals surface area contributed by atoms with Crippen molar-refractivity contribution in [2.45, 2.75) is 57.7 Å². The smallest absolute Gasteiger partial charge is 0.322 e. The van der Waals surface area contributed by atoms with Gasteiger partial charge in [-0.2, -0.15) is 0 Å². The van der Waals surface area contributed by atoms with E-state index in [0.717, 1.165) is 0 Å². The van der Waals surface area contributed by atoms with Crippen LogP contribution in [0.15, 0.2) is 4.99 Å². The Balaban J connectivity index is 5.16. The van der Waals surface area contributed by atoms with Crippen LogP contribution in [0.25, 0.3) is 0 Å². The van der Waals surface area contributed by atoms with Crippen molar-refractivity contribution in [3.63, 3.8) is 0 Å². The van der Waals surface area contributed by atoms with E-state index in [1.165, 1.54) is 0 Å². The summed E-state index contributed by atoms with van der Waals surface area (Å²) in [6.45, 7) is 3.23. The number of hydrogen-bond donors (Lipinski definition) is 8. The maximum absolute atomic E-state index is 12.7. The average Bonchev–Trinajstić information content (AvgIpc) is 2.67. The molecular formula is C18H34N8O6. The molecule has 4 amide bonds. The third-order valence-corrected chi connectivity index (χ3v) is 4.10. The van der Waals surface area contributed by atoms with Gasteiger partial charge in [0.05, 0.1) is 12.5 Å². The summed E-state index contributed by atoms with van der Waals surface area (Å²) < 4.78 is 0. The number of aliphatic imine (C=N–C) groups is 1. The van der Waals surface area contributed by atoms with Gasteiger partial charge in [-0.05, 0) is 25.2 Å². The number of carboxylic acids is 1. The molecule has 0 heterocycles. The van der Waals surface area contributed by atoms with Crippen LogP contribution in [0.1, 0.15) is 39.5 Å². The SMILES string of the molecule is CC(C)CC(NC(=O)C(N)CCCN=C(N)N)C(=O)NC(CC(N)=O)C(=O)NCC(=O)O. The fraction of sp³-hybridized carbons (Fsp3) is 0.667. The second-order valence-corrected chi connectivity index (χ2v) is 7.59. The van der Waals surface area contributed by atoms with Crippen LogP contribution in [0.4, 0.5) is 0 Å². The number of amides is 4. The maximum Gasteiger partial charge on any atom is 0.322 e. The van der Waals surface area contributed by atoms with Gasteiger partial charge in [0.25, 0.3) is 0 Å². The number of carboxylic acid groups (broad SMARTS) is 1. The molecule has 14 heteroatoms. The molecule has 0 saturated carbocycles. The Morgan fingerprint density at radius 2 is 1.53 bits per heavy atom. The van der Waals surface area contributed by atoms with Gasteiger partial charge < -0.3 is 44.0 Å². The minimum Gasteiger partial charge on any atom is -0.480 e. The summed E-state index contributed by atoms with van der Waals surface area (Å²) in [5.74, 6) is -4.50. The predicted molar refractivity (Wildman–Crippen MR) is 116 cm³/mol. The highest BCUT2D eigenvalue weighted by atomic mass is 16.4. The first-order chi connectivity index (χ1) is 14.8. The van der Waals surface area contributed by atoms with Crippen LogP contribution in [-0.4, -0.2) is 71.9 Å². The van der Waals surface area contributed by atoms with Crippen LogP contribution in [0.3, 0.4) is 0 Å². The van der Waals surface area contributed by atoms with Crippen LogP contribution in [0.2, 0.25) is 0 Å². The normalized spacial score (nSPS) is 13.4. The molecule has 14 nitrogen and oxygen atoms in total. The number of nitrogens with two attached hydrogens (primary N) is 4. The third kappa shape index (κ3) is 13.0. The first-order valence-electron chi connectivity index (χ1n) is 10.0. The molecule has 182 valence electrons. The number of carbonyl (C=O) groups is 5. The molecule has 0 aromatic carbocycles. The lowest BCUT2D eigenvalue weighted by Crippen LogP contribution is -2.57. The minimum absolute atomic E-state index is 0.0143. The summed E-state index contributed by atoms with van der Waals surface area (Å²) in [6.07, 6.45) is 0.376. The second kappa shape index (κ2) is 14.6. The molecule has 0 aliphatic rings. The van der Waals surface area contributed by atoms with Crippen molar-refractivity contribution in [3.8, 4) is 0 Å². The summed E-state index contributed by atoms with van der Waals surface area (Å²) >= 11 is 0. The van der Waals surface area contributed by atoms with Crippen LogP contribution >= 0.6 is 0 Å². The molecule has 0 fully saturated rings. The van der Waals surface area contributed by atoms with Crippen molar-refractivity contribution in [1.82, 2.24) is 16.0 Å². The van der Waals surface area contributed by atoms with Gasteiger partial charge >= 0.3 is 5.97 Å². The van der Waals surface area contributed by atoms with Gasteiger partial charge in [-0.3, -0.25) is 29.0 Å². The Hall–Kier alpha value is -3.42. The molecule has 0 rings (SSSR count). The Bertz CT molecular complexity index is 708. The van der Waals surface area contributed by atoms with Crippen LogP contribution in [-0.2, 0) is 24.0 Å². The van der Waals surface area contributed by atoms with Gasteiger partial charge in [0.15, 0.2) is 5.96 Å². The maximum atomic E-state index is 12.7. The topological polar surface area (TPSA) is 258 Å². The van der Waals surface area contributed by atoms with Crippen molar-refractivity contribution >= 4 is 35.6 Å². The number of aliphatic carboxylic acids is 1. The first kappa shape index (κ1) is 28.6. The standard InChI is InChI=1S/C18H34N8O6/c1-9(2)6-11(25-15(30)10(19)4-3-5-23-18(21)22)17(32)26-12(7-13(20)27)16(31)24-8-14(28)29/h9-12H,3-8,19H2,1-2H3,(H2,20,27)(H,24,31)(H,25,30)(H,26,32)(H,28,29)(H4,21,22,23). The second-order valence-electron chi connectivity index (χ2n) is 7.59. The Kier molecular flexibility index (Phi) is 13.0. The molecule has 32 heavy (non-hydrogen) atoms. The van der Waals surface area contributed by atoms with Crippen molar-refractivity contribution in [2.75, 3.05) is 13.1 Å². The van der Waals surface area contributed by atoms with E-state index in [9.17, 15) is 24.0 Å². The molecule has 12 N–H and O–H groups in total. The molecule has 0 bridgehead atoms. The highest BCUT2D eigenvalue weighted by Gasteiger charge is 2.29. The monoisotopic (exact) mass is 458 g/mol. The lowest BCUT2D eigenvalue weighted by Gasteiger charge is -2.24. The van der Waals surface area contributed by atoms with Crippen molar-refractivity contribution in [1.29, 1.82) is 0 Å². The van der Waals surface area contributed by atoms with Crippen LogP contribution in [0, 0.1) is 5.92 Å². The molecule has 0 aromatic heterocycles. The molecule has 3 unspecified atom stereocenters. The molecule has 0 aromatic rings. The fourth-order valence-corrected chi connectivity index (χ4v) is 2.60. The van der Waals surface area contributed by atoms with E-state index in [1.807, 2.05) is 13.8 Å². The number of primary amides is 1. The number of nitrogens with one attached hydrogen (secondary N) is 3. The minimum atomic E-state index is -1.40. The van der Waals surface area contributed by atoms with Gasteiger partial charge in [-0.1, -0.05) is 13.8 Å². The van der Waals surface area contributed by atoms with Gasteiger partial charge in [0, 0.05) is 6.54 Å². The van der Waals surface area contributed by atoms with Gasteiger partial charge in [0.2, 0.25) is 23.6 Å². The van der Waals surface area contributed by atoms with E-state index < -0.39 is 60.7 Å².